The van der Waals surface area contributed by atoms with E-state index in [1.54, 1.807) is 11.8 Å². The number of fused-ring (bicyclic) bond motifs is 4. The van der Waals surface area contributed by atoms with E-state index >= 15 is 0 Å². The third kappa shape index (κ3) is 2.83. The van der Waals surface area contributed by atoms with E-state index in [1.807, 2.05) is 30.2 Å². The van der Waals surface area contributed by atoms with Crippen molar-refractivity contribution in [1.82, 2.24) is 24.6 Å². The average molecular weight is 408 g/mol. The lowest BCUT2D eigenvalue weighted by Crippen LogP contribution is -2.55. The van der Waals surface area contributed by atoms with Crippen molar-refractivity contribution in [2.24, 2.45) is 0 Å². The van der Waals surface area contributed by atoms with Crippen LogP contribution < -0.4 is 4.74 Å². The highest BCUT2D eigenvalue weighted by atomic mass is 16.5. The van der Waals surface area contributed by atoms with E-state index in [1.165, 1.54) is 22.2 Å². The summed E-state index contributed by atoms with van der Waals surface area (Å²) in [5.74, 6) is 0.932. The van der Waals surface area contributed by atoms with Crippen molar-refractivity contribution in [3.63, 3.8) is 0 Å². The van der Waals surface area contributed by atoms with Crippen molar-refractivity contribution in [2.75, 3.05) is 33.8 Å². The molecule has 2 aromatic heterocycles. The number of carbonyl (C=O) groups excluding carboxylic acids is 1. The normalized spacial score (nSPS) is 18.7. The number of amides is 1. The van der Waals surface area contributed by atoms with Gasteiger partial charge in [0.1, 0.15) is 11.4 Å². The van der Waals surface area contributed by atoms with Crippen LogP contribution in [-0.4, -0.2) is 64.3 Å². The van der Waals surface area contributed by atoms with Gasteiger partial charge in [-0.05, 0) is 63.1 Å². The molecule has 1 N–H and O–H groups in total. The first-order valence-corrected chi connectivity index (χ1v) is 10.8. The molecule has 0 bridgehead atoms. The smallest absolute Gasteiger partial charge is 0.274 e. The number of aromatic nitrogens is 3. The molecule has 30 heavy (non-hydrogen) atoms. The summed E-state index contributed by atoms with van der Waals surface area (Å²) in [7, 11) is 3.93. The molecule has 5 rings (SSSR count). The molecule has 158 valence electrons. The summed E-state index contributed by atoms with van der Waals surface area (Å²) in [6.07, 6.45) is 4.73. The van der Waals surface area contributed by atoms with E-state index in [4.69, 9.17) is 4.74 Å². The maximum Gasteiger partial charge on any atom is 0.274 e. The SMILES string of the molecule is CCn1ccc(C(=O)N2CCC3(CC2)c2[nH]c4ccc(OC)cc4c2CCN3C)n1. The second-order valence-corrected chi connectivity index (χ2v) is 8.44. The summed E-state index contributed by atoms with van der Waals surface area (Å²) in [5.41, 5.74) is 4.38. The molecule has 1 saturated heterocycles. The van der Waals surface area contributed by atoms with Gasteiger partial charge in [0.25, 0.3) is 5.91 Å². The minimum Gasteiger partial charge on any atom is -0.497 e. The van der Waals surface area contributed by atoms with Gasteiger partial charge in [0, 0.05) is 49.0 Å². The van der Waals surface area contributed by atoms with Gasteiger partial charge in [-0.3, -0.25) is 14.4 Å². The molecule has 1 fully saturated rings. The number of nitrogens with one attached hydrogen (secondary N) is 1. The van der Waals surface area contributed by atoms with Crippen molar-refractivity contribution in [3.05, 3.63) is 47.4 Å². The highest BCUT2D eigenvalue weighted by Gasteiger charge is 2.45. The number of likely N-dealkylation sites (N-methyl/N-ethyl adjacent to an activating group) is 1. The van der Waals surface area contributed by atoms with Gasteiger partial charge in [-0.15, -0.1) is 0 Å². The van der Waals surface area contributed by atoms with Crippen LogP contribution in [-0.2, 0) is 18.5 Å². The topological polar surface area (TPSA) is 66.4 Å². The number of methoxy groups -OCH3 is 1. The van der Waals surface area contributed by atoms with Crippen molar-refractivity contribution in [1.29, 1.82) is 0 Å². The molecule has 7 heteroatoms. The Labute approximate surface area is 176 Å². The Hall–Kier alpha value is -2.80. The van der Waals surface area contributed by atoms with Crippen molar-refractivity contribution in [2.45, 2.75) is 38.3 Å². The predicted octanol–water partition coefficient (Wildman–Crippen LogP) is 3.01. The lowest BCUT2D eigenvalue weighted by Gasteiger charge is -2.49. The Kier molecular flexibility index (Phi) is 4.58. The minimum atomic E-state index is -0.0562. The number of likely N-dealkylation sites (tertiary alicyclic amines) is 1. The zero-order chi connectivity index (χ0) is 20.9. The van der Waals surface area contributed by atoms with Crippen LogP contribution in [0.5, 0.6) is 5.75 Å². The van der Waals surface area contributed by atoms with Crippen molar-refractivity contribution < 1.29 is 9.53 Å². The second-order valence-electron chi connectivity index (χ2n) is 8.44. The second kappa shape index (κ2) is 7.16. The van der Waals surface area contributed by atoms with E-state index < -0.39 is 0 Å². The Balaban J connectivity index is 1.44. The number of rotatable bonds is 3. The standard InChI is InChI=1S/C23H29N5O2/c1-4-28-12-8-20(25-28)22(29)27-13-9-23(10-14-27)21-17(7-11-26(23)2)18-15-16(30-3)5-6-19(18)24-21/h5-6,8,12,15,24H,4,7,9-11,13-14H2,1-3H3. The maximum atomic E-state index is 13.0. The number of aryl methyl sites for hydroxylation is 1. The van der Waals surface area contributed by atoms with Crippen molar-refractivity contribution >= 4 is 16.8 Å². The van der Waals surface area contributed by atoms with Gasteiger partial charge in [0.05, 0.1) is 12.6 Å². The Morgan fingerprint density at radius 2 is 2.03 bits per heavy atom. The zero-order valence-electron chi connectivity index (χ0n) is 17.9. The van der Waals surface area contributed by atoms with Crippen LogP contribution in [0.4, 0.5) is 0 Å². The van der Waals surface area contributed by atoms with E-state index in [0.29, 0.717) is 5.69 Å². The van der Waals surface area contributed by atoms with Gasteiger partial charge in [0.2, 0.25) is 0 Å². The molecule has 2 aliphatic rings. The first kappa shape index (κ1) is 19.2. The molecule has 0 unspecified atom stereocenters. The molecule has 0 radical (unpaired) electrons. The van der Waals surface area contributed by atoms with Crippen LogP contribution >= 0.6 is 0 Å². The molecular weight excluding hydrogens is 378 g/mol. The minimum absolute atomic E-state index is 0.0390. The fourth-order valence-corrected chi connectivity index (χ4v) is 5.22. The Morgan fingerprint density at radius 3 is 2.73 bits per heavy atom. The van der Waals surface area contributed by atoms with Crippen LogP contribution in [0, 0.1) is 0 Å². The average Bonchev–Trinajstić information content (AvgIpc) is 3.41. The Morgan fingerprint density at radius 1 is 1.23 bits per heavy atom. The molecule has 3 aromatic rings. The molecule has 1 spiro atoms. The van der Waals surface area contributed by atoms with Gasteiger partial charge in [0.15, 0.2) is 0 Å². The number of hydrogen-bond donors (Lipinski definition) is 1. The molecule has 1 aromatic carbocycles. The number of aromatic amines is 1. The molecular formula is C23H29N5O2. The summed E-state index contributed by atoms with van der Waals surface area (Å²) in [4.78, 5) is 21.1. The van der Waals surface area contributed by atoms with Crippen LogP contribution in [0.15, 0.2) is 30.5 Å². The summed E-state index contributed by atoms with van der Waals surface area (Å²) in [6.45, 7) is 5.29. The monoisotopic (exact) mass is 407 g/mol. The van der Waals surface area contributed by atoms with Gasteiger partial charge in [-0.2, -0.15) is 5.10 Å². The number of carbonyl (C=O) groups is 1. The summed E-state index contributed by atoms with van der Waals surface area (Å²) >= 11 is 0. The molecule has 0 saturated carbocycles. The first-order valence-electron chi connectivity index (χ1n) is 10.8. The fraction of sp³-hybridized carbons (Fsp3) is 0.478. The Bertz CT molecular complexity index is 1090. The highest BCUT2D eigenvalue weighted by Crippen LogP contribution is 2.45. The van der Waals surface area contributed by atoms with E-state index in [9.17, 15) is 4.79 Å². The van der Waals surface area contributed by atoms with Gasteiger partial charge in [-0.1, -0.05) is 0 Å². The predicted molar refractivity (Wildman–Crippen MR) is 116 cm³/mol. The van der Waals surface area contributed by atoms with E-state index in [0.717, 1.165) is 51.2 Å². The number of piperidine rings is 1. The van der Waals surface area contributed by atoms with Crippen LogP contribution in [0.25, 0.3) is 10.9 Å². The van der Waals surface area contributed by atoms with Gasteiger partial charge < -0.3 is 14.6 Å². The zero-order valence-corrected chi connectivity index (χ0v) is 17.9. The quantitative estimate of drug-likeness (QED) is 0.725. The molecule has 2 aliphatic heterocycles. The number of H-pyrrole nitrogens is 1. The summed E-state index contributed by atoms with van der Waals surface area (Å²) in [6, 6.07) is 8.10. The molecule has 7 nitrogen and oxygen atoms in total. The summed E-state index contributed by atoms with van der Waals surface area (Å²) in [5, 5.41) is 5.67. The number of ether oxygens (including phenoxy) is 1. The van der Waals surface area contributed by atoms with E-state index in [2.05, 4.69) is 34.2 Å². The van der Waals surface area contributed by atoms with Crippen LogP contribution in [0.3, 0.4) is 0 Å². The maximum absolute atomic E-state index is 13.0. The van der Waals surface area contributed by atoms with Gasteiger partial charge >= 0.3 is 0 Å². The largest absolute Gasteiger partial charge is 0.497 e. The molecule has 0 atom stereocenters. The lowest BCUT2D eigenvalue weighted by atomic mass is 9.78. The molecule has 4 heterocycles. The van der Waals surface area contributed by atoms with Crippen LogP contribution in [0.1, 0.15) is 41.5 Å². The third-order valence-corrected chi connectivity index (χ3v) is 7.07. The van der Waals surface area contributed by atoms with Crippen molar-refractivity contribution in [3.8, 4) is 5.75 Å². The lowest BCUT2D eigenvalue weighted by molar-refractivity contribution is 0.0228. The van der Waals surface area contributed by atoms with Crippen LogP contribution in [0.2, 0.25) is 0 Å². The molecule has 0 aliphatic carbocycles. The number of nitrogens with zero attached hydrogens (tertiary/aromatic N) is 4. The number of hydrogen-bond acceptors (Lipinski definition) is 4. The highest BCUT2D eigenvalue weighted by molar-refractivity contribution is 5.92. The van der Waals surface area contributed by atoms with Gasteiger partial charge in [-0.25, -0.2) is 0 Å². The summed E-state index contributed by atoms with van der Waals surface area (Å²) < 4.78 is 7.26. The number of benzene rings is 1. The first-order chi connectivity index (χ1) is 14.6. The molecule has 1 amide bonds. The third-order valence-electron chi connectivity index (χ3n) is 7.07. The fourth-order valence-electron chi connectivity index (χ4n) is 5.22. The van der Waals surface area contributed by atoms with E-state index in [-0.39, 0.29) is 11.4 Å².